The zero-order valence-corrected chi connectivity index (χ0v) is 11.4. The molecule has 1 saturated carbocycles. The fraction of sp³-hybridized carbons (Fsp3) is 0.786. The van der Waals surface area contributed by atoms with E-state index in [1.807, 2.05) is 6.07 Å². The van der Waals surface area contributed by atoms with Gasteiger partial charge in [-0.25, -0.2) is 0 Å². The summed E-state index contributed by atoms with van der Waals surface area (Å²) in [5.74, 6) is 2.41. The fourth-order valence-electron chi connectivity index (χ4n) is 1.83. The van der Waals surface area contributed by atoms with Crippen LogP contribution in [0.25, 0.3) is 0 Å². The summed E-state index contributed by atoms with van der Waals surface area (Å²) in [5, 5.41) is 7.36. The molecule has 4 nitrogen and oxygen atoms in total. The summed E-state index contributed by atoms with van der Waals surface area (Å²) in [6, 6.07) is 1.98. The van der Waals surface area contributed by atoms with Crippen LogP contribution < -0.4 is 5.32 Å². The third-order valence-electron chi connectivity index (χ3n) is 3.08. The maximum Gasteiger partial charge on any atom is 0.162 e. The highest BCUT2D eigenvalue weighted by Crippen LogP contribution is 2.32. The minimum atomic E-state index is 0.546. The molecule has 0 aromatic carbocycles. The first-order valence-electron chi connectivity index (χ1n) is 6.97. The molecular weight excluding hydrogens is 228 g/mol. The van der Waals surface area contributed by atoms with E-state index in [9.17, 15) is 0 Å². The van der Waals surface area contributed by atoms with Gasteiger partial charge in [0.25, 0.3) is 0 Å². The quantitative estimate of drug-likeness (QED) is 0.686. The SMILES string of the molecule is CC(C)CNCc1cc(COCCC2CC2)on1. The molecule has 1 aliphatic rings. The van der Waals surface area contributed by atoms with Crippen molar-refractivity contribution in [2.45, 2.75) is 46.3 Å². The minimum Gasteiger partial charge on any atom is -0.373 e. The van der Waals surface area contributed by atoms with Crippen molar-refractivity contribution >= 4 is 0 Å². The molecule has 102 valence electrons. The highest BCUT2D eigenvalue weighted by Gasteiger charge is 2.20. The molecule has 1 aromatic heterocycles. The summed E-state index contributed by atoms with van der Waals surface area (Å²) < 4.78 is 10.8. The summed E-state index contributed by atoms with van der Waals surface area (Å²) >= 11 is 0. The normalized spacial score (nSPS) is 15.5. The second kappa shape index (κ2) is 6.90. The predicted octanol–water partition coefficient (Wildman–Crippen LogP) is 2.74. The zero-order chi connectivity index (χ0) is 12.8. The van der Waals surface area contributed by atoms with Crippen LogP contribution in [0.2, 0.25) is 0 Å². The van der Waals surface area contributed by atoms with Crippen molar-refractivity contribution in [2.75, 3.05) is 13.2 Å². The molecule has 0 amide bonds. The summed E-state index contributed by atoms with van der Waals surface area (Å²) in [4.78, 5) is 0. The number of hydrogen-bond acceptors (Lipinski definition) is 4. The molecule has 1 heterocycles. The van der Waals surface area contributed by atoms with Gasteiger partial charge in [0.15, 0.2) is 5.76 Å². The third-order valence-corrected chi connectivity index (χ3v) is 3.08. The van der Waals surface area contributed by atoms with E-state index in [1.54, 1.807) is 0 Å². The summed E-state index contributed by atoms with van der Waals surface area (Å²) in [6.07, 6.45) is 3.96. The van der Waals surface area contributed by atoms with Crippen molar-refractivity contribution in [2.24, 2.45) is 11.8 Å². The molecule has 1 aliphatic carbocycles. The Labute approximate surface area is 109 Å². The van der Waals surface area contributed by atoms with Gasteiger partial charge in [-0.05, 0) is 24.8 Å². The van der Waals surface area contributed by atoms with E-state index in [2.05, 4.69) is 24.3 Å². The molecule has 4 heteroatoms. The van der Waals surface area contributed by atoms with E-state index < -0.39 is 0 Å². The number of ether oxygens (including phenoxy) is 1. The number of hydrogen-bond donors (Lipinski definition) is 1. The average molecular weight is 252 g/mol. The Balaban J connectivity index is 1.59. The van der Waals surface area contributed by atoms with Crippen LogP contribution in [0, 0.1) is 11.8 Å². The van der Waals surface area contributed by atoms with Gasteiger partial charge in [-0.1, -0.05) is 31.8 Å². The van der Waals surface area contributed by atoms with E-state index in [-0.39, 0.29) is 0 Å². The van der Waals surface area contributed by atoms with Crippen LogP contribution in [-0.4, -0.2) is 18.3 Å². The second-order valence-electron chi connectivity index (χ2n) is 5.59. The third kappa shape index (κ3) is 5.19. The van der Waals surface area contributed by atoms with Gasteiger partial charge in [0.05, 0.1) is 5.69 Å². The molecule has 0 bridgehead atoms. The molecule has 1 aromatic rings. The molecule has 18 heavy (non-hydrogen) atoms. The van der Waals surface area contributed by atoms with E-state index in [1.165, 1.54) is 19.3 Å². The van der Waals surface area contributed by atoms with Gasteiger partial charge < -0.3 is 14.6 Å². The van der Waals surface area contributed by atoms with Gasteiger partial charge >= 0.3 is 0 Å². The van der Waals surface area contributed by atoms with Crippen LogP contribution in [0.1, 0.15) is 44.6 Å². The monoisotopic (exact) mass is 252 g/mol. The Morgan fingerprint density at radius 3 is 3.06 bits per heavy atom. The van der Waals surface area contributed by atoms with Crippen molar-refractivity contribution in [3.8, 4) is 0 Å². The fourth-order valence-corrected chi connectivity index (χ4v) is 1.83. The lowest BCUT2D eigenvalue weighted by Crippen LogP contribution is -2.19. The van der Waals surface area contributed by atoms with Crippen LogP contribution in [-0.2, 0) is 17.9 Å². The number of nitrogens with zero attached hydrogens (tertiary/aromatic N) is 1. The summed E-state index contributed by atoms with van der Waals surface area (Å²) in [6.45, 7) is 7.53. The molecule has 0 aliphatic heterocycles. The lowest BCUT2D eigenvalue weighted by Gasteiger charge is -2.04. The number of rotatable bonds is 9. The van der Waals surface area contributed by atoms with E-state index >= 15 is 0 Å². The topological polar surface area (TPSA) is 47.3 Å². The van der Waals surface area contributed by atoms with E-state index in [0.717, 1.165) is 37.1 Å². The largest absolute Gasteiger partial charge is 0.373 e. The molecule has 2 rings (SSSR count). The molecular formula is C14H24N2O2. The average Bonchev–Trinajstić information content (AvgIpc) is 3.04. The summed E-state index contributed by atoms with van der Waals surface area (Å²) in [7, 11) is 0. The molecule has 0 saturated heterocycles. The Bertz CT molecular complexity index is 345. The maximum atomic E-state index is 5.57. The van der Waals surface area contributed by atoms with E-state index in [4.69, 9.17) is 9.26 Å². The van der Waals surface area contributed by atoms with Crippen LogP contribution in [0.15, 0.2) is 10.6 Å². The summed E-state index contributed by atoms with van der Waals surface area (Å²) in [5.41, 5.74) is 0.955. The molecule has 0 spiro atoms. The predicted molar refractivity (Wildman–Crippen MR) is 70.0 cm³/mol. The molecule has 0 unspecified atom stereocenters. The van der Waals surface area contributed by atoms with Crippen LogP contribution in [0.4, 0.5) is 0 Å². The number of nitrogens with one attached hydrogen (secondary N) is 1. The molecule has 0 radical (unpaired) electrons. The standard InChI is InChI=1S/C14H24N2O2/c1-11(2)8-15-9-13-7-14(18-16-13)10-17-6-5-12-3-4-12/h7,11-12,15H,3-6,8-10H2,1-2H3. The van der Waals surface area contributed by atoms with Gasteiger partial charge in [-0.15, -0.1) is 0 Å². The molecule has 1 fully saturated rings. The first-order valence-corrected chi connectivity index (χ1v) is 6.97. The Kier molecular flexibility index (Phi) is 5.20. The Morgan fingerprint density at radius 2 is 2.33 bits per heavy atom. The van der Waals surface area contributed by atoms with Crippen molar-refractivity contribution in [3.63, 3.8) is 0 Å². The first kappa shape index (κ1) is 13.6. The van der Waals surface area contributed by atoms with Gasteiger partial charge in [0.2, 0.25) is 0 Å². The smallest absolute Gasteiger partial charge is 0.162 e. The maximum absolute atomic E-state index is 5.57. The van der Waals surface area contributed by atoms with E-state index in [0.29, 0.717) is 12.5 Å². The van der Waals surface area contributed by atoms with Crippen molar-refractivity contribution in [1.29, 1.82) is 0 Å². The Hall–Kier alpha value is -0.870. The van der Waals surface area contributed by atoms with Gasteiger partial charge in [0, 0.05) is 19.2 Å². The van der Waals surface area contributed by atoms with Crippen LogP contribution in [0.3, 0.4) is 0 Å². The molecule has 1 N–H and O–H groups in total. The van der Waals surface area contributed by atoms with Gasteiger partial charge in [-0.2, -0.15) is 0 Å². The second-order valence-corrected chi connectivity index (χ2v) is 5.59. The highest BCUT2D eigenvalue weighted by atomic mass is 16.5. The molecule has 0 atom stereocenters. The van der Waals surface area contributed by atoms with Crippen LogP contribution >= 0.6 is 0 Å². The van der Waals surface area contributed by atoms with Gasteiger partial charge in [0.1, 0.15) is 6.61 Å². The number of aromatic nitrogens is 1. The van der Waals surface area contributed by atoms with Crippen molar-refractivity contribution < 1.29 is 9.26 Å². The van der Waals surface area contributed by atoms with Crippen LogP contribution in [0.5, 0.6) is 0 Å². The Morgan fingerprint density at radius 1 is 1.50 bits per heavy atom. The highest BCUT2D eigenvalue weighted by molar-refractivity contribution is 5.04. The lowest BCUT2D eigenvalue weighted by atomic mass is 10.2. The minimum absolute atomic E-state index is 0.546. The van der Waals surface area contributed by atoms with Crippen molar-refractivity contribution in [1.82, 2.24) is 10.5 Å². The zero-order valence-electron chi connectivity index (χ0n) is 11.4. The van der Waals surface area contributed by atoms with Gasteiger partial charge in [-0.3, -0.25) is 0 Å². The van der Waals surface area contributed by atoms with Crippen molar-refractivity contribution in [3.05, 3.63) is 17.5 Å². The lowest BCUT2D eigenvalue weighted by molar-refractivity contribution is 0.0961. The first-order chi connectivity index (χ1) is 8.74.